The predicted molar refractivity (Wildman–Crippen MR) is 72.7 cm³/mol. The number of aliphatic hydroxyl groups excluding tert-OH is 3. The van der Waals surface area contributed by atoms with E-state index in [1.807, 2.05) is 0 Å². The molecule has 112 valence electrons. The number of rotatable bonds is 6. The van der Waals surface area contributed by atoms with Crippen LogP contribution >= 0.6 is 0 Å². The molecule has 7 heteroatoms. The smallest absolute Gasteiger partial charge is 0.338 e. The molecule has 1 aromatic rings. The van der Waals surface area contributed by atoms with Gasteiger partial charge in [0.25, 0.3) is 0 Å². The molecule has 0 aromatic heterocycles. The van der Waals surface area contributed by atoms with E-state index in [4.69, 9.17) is 14.9 Å². The van der Waals surface area contributed by atoms with Gasteiger partial charge < -0.3 is 25.2 Å². The molecule has 0 amide bonds. The van der Waals surface area contributed by atoms with Crippen LogP contribution < -0.4 is 0 Å². The fourth-order valence-corrected chi connectivity index (χ4v) is 1.43. The van der Waals surface area contributed by atoms with Gasteiger partial charge in [-0.2, -0.15) is 0 Å². The molecule has 0 aliphatic heterocycles. The number of esters is 1. The van der Waals surface area contributed by atoms with Crippen LogP contribution in [0.2, 0.25) is 0 Å². The molecule has 0 saturated carbocycles. The Morgan fingerprint density at radius 1 is 1.00 bits per heavy atom. The van der Waals surface area contributed by atoms with E-state index >= 15 is 0 Å². The summed E-state index contributed by atoms with van der Waals surface area (Å²) in [5.41, 5.74) is 0.420. The normalized spacial score (nSPS) is 13.0. The summed E-state index contributed by atoms with van der Waals surface area (Å²) in [6.45, 7) is 6.36. The number of carboxylic acids is 1. The van der Waals surface area contributed by atoms with Gasteiger partial charge in [0.05, 0.1) is 5.56 Å². The Balaban J connectivity index is 2.89. The van der Waals surface area contributed by atoms with Gasteiger partial charge in [-0.15, -0.1) is 0 Å². The Hall–Kier alpha value is -2.80. The minimum atomic E-state index is -2.14. The van der Waals surface area contributed by atoms with Crippen LogP contribution in [0.4, 0.5) is 0 Å². The van der Waals surface area contributed by atoms with Crippen LogP contribution in [0.1, 0.15) is 15.9 Å². The maximum atomic E-state index is 11.8. The van der Waals surface area contributed by atoms with Gasteiger partial charge >= 0.3 is 11.9 Å². The van der Waals surface area contributed by atoms with Crippen LogP contribution in [-0.4, -0.2) is 44.6 Å². The molecule has 2 atom stereocenters. The van der Waals surface area contributed by atoms with Crippen molar-refractivity contribution in [2.24, 2.45) is 0 Å². The fraction of sp³-hybridized carbons (Fsp3) is 0.143. The van der Waals surface area contributed by atoms with Gasteiger partial charge in [0.15, 0.2) is 12.2 Å². The summed E-state index contributed by atoms with van der Waals surface area (Å²) in [6.07, 6.45) is -3.93. The number of hydrogen-bond acceptors (Lipinski definition) is 6. The summed E-state index contributed by atoms with van der Waals surface area (Å²) >= 11 is 0. The van der Waals surface area contributed by atoms with Gasteiger partial charge in [-0.25, -0.2) is 9.59 Å². The van der Waals surface area contributed by atoms with Crippen LogP contribution in [0.25, 0.3) is 5.76 Å². The zero-order valence-corrected chi connectivity index (χ0v) is 10.9. The Labute approximate surface area is 120 Å². The van der Waals surface area contributed by atoms with Crippen LogP contribution in [-0.2, 0) is 9.53 Å². The first kappa shape index (κ1) is 16.3. The monoisotopic (exact) mass is 294 g/mol. The van der Waals surface area contributed by atoms with Crippen LogP contribution in [0.5, 0.6) is 0 Å². The molecule has 0 heterocycles. The highest BCUT2D eigenvalue weighted by molar-refractivity contribution is 5.90. The Kier molecular flexibility index (Phi) is 5.09. The molecule has 7 nitrogen and oxygen atoms in total. The third-order valence-corrected chi connectivity index (χ3v) is 2.56. The van der Waals surface area contributed by atoms with E-state index in [1.165, 1.54) is 24.3 Å². The van der Waals surface area contributed by atoms with Crippen molar-refractivity contribution >= 4 is 17.7 Å². The highest BCUT2D eigenvalue weighted by Crippen LogP contribution is 2.15. The molecule has 21 heavy (non-hydrogen) atoms. The molecule has 0 aliphatic rings. The summed E-state index contributed by atoms with van der Waals surface area (Å²) in [5.74, 6) is -3.61. The van der Waals surface area contributed by atoms with Crippen LogP contribution in [0.15, 0.2) is 43.2 Å². The molecule has 0 unspecified atom stereocenters. The quantitative estimate of drug-likeness (QED) is 0.460. The molecular weight excluding hydrogens is 280 g/mol. The number of benzene rings is 1. The highest BCUT2D eigenvalue weighted by Gasteiger charge is 2.32. The fourth-order valence-electron chi connectivity index (χ4n) is 1.43. The number of carbonyl (C=O) groups is 2. The second kappa shape index (κ2) is 6.58. The molecule has 0 bridgehead atoms. The maximum absolute atomic E-state index is 11.8. The second-order valence-corrected chi connectivity index (χ2v) is 4.12. The van der Waals surface area contributed by atoms with Gasteiger partial charge in [-0.1, -0.05) is 25.3 Å². The van der Waals surface area contributed by atoms with Crippen molar-refractivity contribution < 1.29 is 34.8 Å². The van der Waals surface area contributed by atoms with Crippen molar-refractivity contribution in [2.45, 2.75) is 12.2 Å². The second-order valence-electron chi connectivity index (χ2n) is 4.12. The van der Waals surface area contributed by atoms with Gasteiger partial charge in [-0.05, 0) is 12.1 Å². The number of carboxylic acid groups (broad SMARTS) is 1. The van der Waals surface area contributed by atoms with Crippen LogP contribution in [0.3, 0.4) is 0 Å². The van der Waals surface area contributed by atoms with Gasteiger partial charge in [0.1, 0.15) is 11.5 Å². The van der Waals surface area contributed by atoms with Gasteiger partial charge in [0, 0.05) is 5.56 Å². The van der Waals surface area contributed by atoms with E-state index < -0.39 is 29.9 Å². The summed E-state index contributed by atoms with van der Waals surface area (Å²) in [6, 6.07) is 5.41. The molecule has 1 aromatic carbocycles. The average molecular weight is 294 g/mol. The summed E-state index contributed by atoms with van der Waals surface area (Å²) in [7, 11) is 0. The van der Waals surface area contributed by atoms with Crippen molar-refractivity contribution in [1.29, 1.82) is 0 Å². The highest BCUT2D eigenvalue weighted by atomic mass is 16.6. The van der Waals surface area contributed by atoms with E-state index in [-0.39, 0.29) is 11.3 Å². The SMILES string of the molecule is C=C(O)c1ccc(C(=O)O[C@@H](C(=C)O)[C@@H](O)C(=O)O)cc1. The first-order valence-corrected chi connectivity index (χ1v) is 5.72. The molecule has 0 radical (unpaired) electrons. The Morgan fingerprint density at radius 3 is 1.86 bits per heavy atom. The van der Waals surface area contributed by atoms with E-state index in [1.54, 1.807) is 0 Å². The summed E-state index contributed by atoms with van der Waals surface area (Å²) in [4.78, 5) is 22.5. The van der Waals surface area contributed by atoms with Gasteiger partial charge in [0.2, 0.25) is 0 Å². The lowest BCUT2D eigenvalue weighted by molar-refractivity contribution is -0.152. The molecule has 0 saturated heterocycles. The molecule has 0 fully saturated rings. The number of hydrogen-bond donors (Lipinski definition) is 4. The van der Waals surface area contributed by atoms with Crippen molar-refractivity contribution in [3.63, 3.8) is 0 Å². The first-order valence-electron chi connectivity index (χ1n) is 5.72. The standard InChI is InChI=1S/C14H14O7/c1-7(15)9-3-5-10(6-4-9)14(20)21-12(8(2)16)11(17)13(18)19/h3-6,11-12,15-17H,1-2H2,(H,18,19)/t11-,12+/m1/s1. The van der Waals surface area contributed by atoms with Crippen LogP contribution in [0, 0.1) is 0 Å². The van der Waals surface area contributed by atoms with Crippen molar-refractivity contribution in [3.8, 4) is 0 Å². The third-order valence-electron chi connectivity index (χ3n) is 2.56. The van der Waals surface area contributed by atoms with Crippen molar-refractivity contribution in [3.05, 3.63) is 54.3 Å². The predicted octanol–water partition coefficient (Wildman–Crippen LogP) is 1.26. The molecule has 0 aliphatic carbocycles. The molecule has 0 spiro atoms. The lowest BCUT2D eigenvalue weighted by Gasteiger charge is -2.19. The van der Waals surface area contributed by atoms with E-state index in [0.29, 0.717) is 5.56 Å². The first-order chi connectivity index (χ1) is 9.73. The maximum Gasteiger partial charge on any atom is 0.338 e. The zero-order chi connectivity index (χ0) is 16.2. The number of aliphatic carboxylic acids is 1. The molecule has 1 rings (SSSR count). The number of aliphatic hydroxyl groups is 3. The average Bonchev–Trinajstić information content (AvgIpc) is 2.43. The summed E-state index contributed by atoms with van der Waals surface area (Å²) in [5, 5.41) is 36.3. The Morgan fingerprint density at radius 2 is 1.48 bits per heavy atom. The Bertz CT molecular complexity index is 573. The van der Waals surface area contributed by atoms with E-state index in [2.05, 4.69) is 13.2 Å². The number of carbonyl (C=O) groups excluding carboxylic acids is 1. The third kappa shape index (κ3) is 4.08. The minimum absolute atomic E-state index is 0.0313. The topological polar surface area (TPSA) is 124 Å². The van der Waals surface area contributed by atoms with Gasteiger partial charge in [-0.3, -0.25) is 0 Å². The zero-order valence-electron chi connectivity index (χ0n) is 10.9. The van der Waals surface area contributed by atoms with E-state index in [9.17, 15) is 19.8 Å². The van der Waals surface area contributed by atoms with Crippen molar-refractivity contribution in [1.82, 2.24) is 0 Å². The minimum Gasteiger partial charge on any atom is -0.509 e. The van der Waals surface area contributed by atoms with Crippen molar-refractivity contribution in [2.75, 3.05) is 0 Å². The lowest BCUT2D eigenvalue weighted by Crippen LogP contribution is -2.38. The summed E-state index contributed by atoms with van der Waals surface area (Å²) < 4.78 is 4.72. The largest absolute Gasteiger partial charge is 0.509 e. The lowest BCUT2D eigenvalue weighted by atomic mass is 10.1. The molecular formula is C14H14O7. The molecule has 4 N–H and O–H groups in total. The number of ether oxygens (including phenoxy) is 1. The van der Waals surface area contributed by atoms with E-state index in [0.717, 1.165) is 0 Å².